The predicted octanol–water partition coefficient (Wildman–Crippen LogP) is 24.1. The molecule has 116 heavy (non-hydrogen) atoms. The summed E-state index contributed by atoms with van der Waals surface area (Å²) in [6.07, 6.45) is 5.51. The van der Waals surface area contributed by atoms with Gasteiger partial charge in [-0.2, -0.15) is 0 Å². The Morgan fingerprint density at radius 1 is 0.147 bits per heavy atom. The molecule has 22 aromatic rings. The van der Waals surface area contributed by atoms with Crippen LogP contribution >= 0.6 is 0 Å². The molecule has 0 N–H and O–H groups in total. The fraction of sp³-hybridized carbons (Fsp3) is 0. The van der Waals surface area contributed by atoms with Crippen molar-refractivity contribution in [2.24, 2.45) is 0 Å². The van der Waals surface area contributed by atoms with E-state index in [0.717, 1.165) is 177 Å². The van der Waals surface area contributed by atoms with Gasteiger partial charge >= 0.3 is 0 Å². The Balaban J connectivity index is 0.000000145. The first kappa shape index (κ1) is 68.0. The van der Waals surface area contributed by atoms with Gasteiger partial charge in [-0.3, -0.25) is 15.0 Å². The Kier molecular flexibility index (Phi) is 17.2. The molecule has 0 amide bonds. The highest BCUT2D eigenvalue weighted by Gasteiger charge is 2.19. The van der Waals surface area contributed by atoms with Gasteiger partial charge in [0.1, 0.15) is 11.4 Å². The van der Waals surface area contributed by atoms with Crippen LogP contribution in [0.1, 0.15) is 0 Å². The van der Waals surface area contributed by atoms with Crippen molar-refractivity contribution in [3.05, 3.63) is 377 Å². The highest BCUT2D eigenvalue weighted by Crippen LogP contribution is 2.38. The van der Waals surface area contributed by atoms with Gasteiger partial charge in [0.05, 0.1) is 61.2 Å². The number of fused-ring (bicyclic) bond motifs is 10. The van der Waals surface area contributed by atoms with Crippen molar-refractivity contribution in [3.8, 4) is 136 Å². The molecule has 0 atom stereocenters. The largest absolute Gasteiger partial charge is 0.254 e. The highest BCUT2D eigenvalue weighted by molar-refractivity contribution is 6.08. The molecular weight excluding hydrogens is 1420 g/mol. The summed E-state index contributed by atoms with van der Waals surface area (Å²) >= 11 is 0. The Morgan fingerprint density at radius 2 is 0.466 bits per heavy atom. The first-order valence-corrected chi connectivity index (χ1v) is 38.3. The number of nitrogens with zero attached hydrogens (tertiary/aromatic N) is 14. The summed E-state index contributed by atoms with van der Waals surface area (Å²) in [5, 5.41) is 8.53. The van der Waals surface area contributed by atoms with Crippen LogP contribution in [0, 0.1) is 0 Å². The first-order valence-electron chi connectivity index (χ1n) is 38.3. The van der Waals surface area contributed by atoms with Crippen LogP contribution in [-0.2, 0) is 0 Å². The van der Waals surface area contributed by atoms with Gasteiger partial charge in [0, 0.05) is 101 Å². The molecule has 0 aliphatic rings. The van der Waals surface area contributed by atoms with Crippen molar-refractivity contribution >= 4 is 87.2 Å². The summed E-state index contributed by atoms with van der Waals surface area (Å²) < 4.78 is 0. The van der Waals surface area contributed by atoms with E-state index < -0.39 is 0 Å². The second-order valence-electron chi connectivity index (χ2n) is 28.5. The van der Waals surface area contributed by atoms with Crippen LogP contribution in [0.5, 0.6) is 0 Å². The van der Waals surface area contributed by atoms with Gasteiger partial charge in [-0.25, -0.2) is 54.8 Å². The Bertz CT molecular complexity index is 7410. The third kappa shape index (κ3) is 13.3. The summed E-state index contributed by atoms with van der Waals surface area (Å²) in [5.74, 6) is 3.48. The van der Waals surface area contributed by atoms with E-state index in [1.807, 2.05) is 164 Å². The standard InChI is InChI=1S/2C51H31N7/c1-3-8-37(9-4-1)49-56-50(38-10-5-2-6-11-38)58-51(57-49)45-28-21-34-17-20-40(31-46(34)54-45)39-23-26-44-41(30-39)24-27-42(53-44)32-13-15-33(16-14-32)43-25-22-36-19-18-35-12-7-29-52-47(35)48(36)55-43;1-3-8-36(9-4-1)49-56-50(37-10-5-2-6-11-37)58-51(57-49)45-26-20-34-17-18-39(31-46(34)55-45)38-21-24-44-40(30-38)22-25-43(54-44)33-15-13-32(14-16-33)41-27-29-53-48-42(41)23-19-35-12-7-28-52-47(35)48/h2*1-31H. The van der Waals surface area contributed by atoms with Gasteiger partial charge in [-0.05, 0) is 118 Å². The molecule has 540 valence electrons. The van der Waals surface area contributed by atoms with Gasteiger partial charge < -0.3 is 0 Å². The average Bonchev–Trinajstić information content (AvgIpc) is 0.758. The second kappa shape index (κ2) is 29.3. The molecule has 10 aromatic heterocycles. The zero-order valence-corrected chi connectivity index (χ0v) is 62.1. The van der Waals surface area contributed by atoms with Crippen molar-refractivity contribution in [2.75, 3.05) is 0 Å². The van der Waals surface area contributed by atoms with Gasteiger partial charge in [0.25, 0.3) is 0 Å². The number of benzene rings is 12. The summed E-state index contributed by atoms with van der Waals surface area (Å²) in [5.41, 5.74) is 24.8. The SMILES string of the molecule is c1ccc(-c2nc(-c3ccccc3)nc(-c3ccc4ccc(-c5ccc6nc(-c7ccc(-c8ccc9ccc%10cccnc%10c9n8)cc7)ccc6c5)cc4n3)n2)cc1.c1ccc(-c2nc(-c3ccccc3)nc(-c3ccc4ccc(-c5ccc6nc(-c7ccc(-c8ccnc9c8ccc8cccnc89)cc7)ccc6c5)cc4n3)n2)cc1. The van der Waals surface area contributed by atoms with Crippen molar-refractivity contribution in [1.82, 2.24) is 69.8 Å². The fourth-order valence-electron chi connectivity index (χ4n) is 15.1. The van der Waals surface area contributed by atoms with Crippen LogP contribution in [0.3, 0.4) is 0 Å². The molecule has 0 spiro atoms. The lowest BCUT2D eigenvalue weighted by Gasteiger charge is -2.10. The van der Waals surface area contributed by atoms with Gasteiger partial charge in [0.15, 0.2) is 34.9 Å². The number of hydrogen-bond acceptors (Lipinski definition) is 14. The molecule has 0 saturated carbocycles. The molecule has 10 heterocycles. The van der Waals surface area contributed by atoms with Crippen LogP contribution < -0.4 is 0 Å². The van der Waals surface area contributed by atoms with Gasteiger partial charge in [0.2, 0.25) is 0 Å². The fourth-order valence-corrected chi connectivity index (χ4v) is 15.1. The monoisotopic (exact) mass is 1480 g/mol. The highest BCUT2D eigenvalue weighted by atomic mass is 15.1. The summed E-state index contributed by atoms with van der Waals surface area (Å²) in [6.45, 7) is 0. The molecule has 0 radical (unpaired) electrons. The van der Waals surface area contributed by atoms with Crippen LogP contribution in [0.4, 0.5) is 0 Å². The minimum Gasteiger partial charge on any atom is -0.254 e. The molecule has 0 fully saturated rings. The predicted molar refractivity (Wildman–Crippen MR) is 467 cm³/mol. The molecule has 12 aromatic carbocycles. The lowest BCUT2D eigenvalue weighted by molar-refractivity contribution is 1.06. The van der Waals surface area contributed by atoms with Crippen molar-refractivity contribution in [3.63, 3.8) is 0 Å². The topological polar surface area (TPSA) is 180 Å². The van der Waals surface area contributed by atoms with Crippen LogP contribution in [0.25, 0.3) is 223 Å². The van der Waals surface area contributed by atoms with Gasteiger partial charge in [-0.15, -0.1) is 0 Å². The average molecular weight is 1480 g/mol. The summed E-state index contributed by atoms with van der Waals surface area (Å²) in [6, 6.07) is 122. The number of aromatic nitrogens is 14. The Labute approximate surface area is 665 Å². The van der Waals surface area contributed by atoms with Crippen molar-refractivity contribution in [2.45, 2.75) is 0 Å². The third-order valence-electron chi connectivity index (χ3n) is 21.2. The maximum absolute atomic E-state index is 5.09. The molecule has 0 saturated heterocycles. The van der Waals surface area contributed by atoms with E-state index in [1.165, 1.54) is 0 Å². The minimum atomic E-state index is 0.527. The number of hydrogen-bond donors (Lipinski definition) is 0. The van der Waals surface area contributed by atoms with Crippen LogP contribution in [0.2, 0.25) is 0 Å². The second-order valence-corrected chi connectivity index (χ2v) is 28.5. The summed E-state index contributed by atoms with van der Waals surface area (Å²) in [7, 11) is 0. The minimum absolute atomic E-state index is 0.527. The quantitative estimate of drug-likeness (QED) is 0.105. The third-order valence-corrected chi connectivity index (χ3v) is 21.2. The number of rotatable bonds is 12. The molecule has 0 aliphatic carbocycles. The van der Waals surface area contributed by atoms with Crippen molar-refractivity contribution in [1.29, 1.82) is 0 Å². The zero-order valence-electron chi connectivity index (χ0n) is 62.1. The van der Waals surface area contributed by atoms with Crippen LogP contribution in [0.15, 0.2) is 377 Å². The zero-order chi connectivity index (χ0) is 76.8. The molecule has 0 aliphatic heterocycles. The van der Waals surface area contributed by atoms with E-state index in [1.54, 1.807) is 0 Å². The first-order chi connectivity index (χ1) is 57.4. The van der Waals surface area contributed by atoms with E-state index in [2.05, 4.69) is 227 Å². The maximum Gasteiger partial charge on any atom is 0.182 e. The number of pyridine rings is 8. The Morgan fingerprint density at radius 3 is 0.922 bits per heavy atom. The van der Waals surface area contributed by atoms with Crippen LogP contribution in [-0.4, -0.2) is 69.8 Å². The lowest BCUT2D eigenvalue weighted by Crippen LogP contribution is -2.01. The molecule has 0 unspecified atom stereocenters. The Hall–Kier alpha value is -16.1. The van der Waals surface area contributed by atoms with Crippen molar-refractivity contribution < 1.29 is 0 Å². The summed E-state index contributed by atoms with van der Waals surface area (Å²) in [4.78, 5) is 68.5. The van der Waals surface area contributed by atoms with E-state index in [0.29, 0.717) is 46.3 Å². The molecule has 14 heteroatoms. The normalized spacial score (nSPS) is 11.4. The molecule has 22 rings (SSSR count). The van der Waals surface area contributed by atoms with E-state index in [-0.39, 0.29) is 0 Å². The smallest absolute Gasteiger partial charge is 0.182 e. The lowest BCUT2D eigenvalue weighted by atomic mass is 9.98. The van der Waals surface area contributed by atoms with Gasteiger partial charge in [-0.1, -0.05) is 273 Å². The molecular formula is C102H62N14. The van der Waals surface area contributed by atoms with E-state index in [9.17, 15) is 0 Å². The molecule has 14 nitrogen and oxygen atoms in total. The maximum atomic E-state index is 5.09. The van der Waals surface area contributed by atoms with E-state index in [4.69, 9.17) is 54.8 Å². The molecule has 0 bridgehead atoms. The van der Waals surface area contributed by atoms with E-state index >= 15 is 0 Å².